The topological polar surface area (TPSA) is 138 Å². The number of benzene rings is 2. The van der Waals surface area contributed by atoms with Gasteiger partial charge < -0.3 is 10.8 Å². The number of aryl methyl sites for hydroxylation is 1. The molecule has 2 aromatic carbocycles. The summed E-state index contributed by atoms with van der Waals surface area (Å²) in [5.74, 6) is -0.967. The highest BCUT2D eigenvalue weighted by Gasteiger charge is 2.25. The number of rotatable bonds is 5. The number of H-pyrrole nitrogens is 1. The van der Waals surface area contributed by atoms with Gasteiger partial charge in [-0.25, -0.2) is 13.1 Å². The van der Waals surface area contributed by atoms with Crippen molar-refractivity contribution in [3.8, 4) is 11.1 Å². The number of hydrogen-bond donors (Lipinski definition) is 4. The fourth-order valence-corrected chi connectivity index (χ4v) is 3.70. The van der Waals surface area contributed by atoms with Gasteiger partial charge in [0, 0.05) is 11.1 Å². The van der Waals surface area contributed by atoms with Gasteiger partial charge in [-0.1, -0.05) is 18.2 Å². The monoisotopic (exact) mass is 388 g/mol. The Hall–Kier alpha value is -2.75. The molecule has 0 saturated carbocycles. The molecule has 142 valence electrons. The number of nitrogens with two attached hydrogens (primary N) is 1. The Bertz CT molecular complexity index is 1110. The largest absolute Gasteiger partial charge is 0.391 e. The Kier molecular flexibility index (Phi) is 5.01. The first kappa shape index (κ1) is 19.0. The maximum Gasteiger partial charge on any atom is 0.264 e. The summed E-state index contributed by atoms with van der Waals surface area (Å²) < 4.78 is 26.9. The number of nitrogens with zero attached hydrogens (tertiary/aromatic N) is 1. The van der Waals surface area contributed by atoms with Crippen LogP contribution in [0.15, 0.2) is 47.4 Å². The third-order valence-corrected chi connectivity index (χ3v) is 5.62. The molecule has 0 fully saturated rings. The van der Waals surface area contributed by atoms with E-state index in [4.69, 9.17) is 5.73 Å². The van der Waals surface area contributed by atoms with Crippen molar-refractivity contribution in [2.24, 2.45) is 5.73 Å². The lowest BCUT2D eigenvalue weighted by atomic mass is 10.0. The number of carbonyl (C=O) groups is 1. The number of amides is 1. The van der Waals surface area contributed by atoms with Gasteiger partial charge in [-0.2, -0.15) is 5.10 Å². The average Bonchev–Trinajstić information content (AvgIpc) is 3.01. The Labute approximate surface area is 156 Å². The molecule has 0 aliphatic heterocycles. The molecule has 8 nitrogen and oxygen atoms in total. The van der Waals surface area contributed by atoms with Gasteiger partial charge in [0.25, 0.3) is 15.9 Å². The summed E-state index contributed by atoms with van der Waals surface area (Å²) in [5.41, 5.74) is 8.71. The van der Waals surface area contributed by atoms with E-state index in [2.05, 4.69) is 10.2 Å². The summed E-state index contributed by atoms with van der Waals surface area (Å²) in [6, 6.07) is 10.5. The Morgan fingerprint density at radius 1 is 1.22 bits per heavy atom. The normalized spacial score (nSPS) is 14.1. The van der Waals surface area contributed by atoms with Crippen LogP contribution in [0.25, 0.3) is 22.0 Å². The lowest BCUT2D eigenvalue weighted by Gasteiger charge is -2.15. The zero-order valence-corrected chi connectivity index (χ0v) is 15.6. The second-order valence-corrected chi connectivity index (χ2v) is 8.03. The minimum Gasteiger partial charge on any atom is -0.391 e. The molecule has 27 heavy (non-hydrogen) atoms. The number of carbonyl (C=O) groups excluding carboxylic acids is 1. The van der Waals surface area contributed by atoms with Crippen molar-refractivity contribution in [1.29, 1.82) is 0 Å². The first-order valence-electron chi connectivity index (χ1n) is 8.24. The number of fused-ring (bicyclic) bond motifs is 1. The Balaban J connectivity index is 1.94. The van der Waals surface area contributed by atoms with E-state index in [1.165, 1.54) is 19.1 Å². The van der Waals surface area contributed by atoms with Crippen molar-refractivity contribution in [3.05, 3.63) is 48.2 Å². The summed E-state index contributed by atoms with van der Waals surface area (Å²) in [5, 5.41) is 17.4. The van der Waals surface area contributed by atoms with E-state index >= 15 is 0 Å². The molecule has 0 spiro atoms. The van der Waals surface area contributed by atoms with E-state index in [0.717, 1.165) is 22.2 Å². The number of sulfonamides is 1. The van der Waals surface area contributed by atoms with Crippen LogP contribution in [-0.2, 0) is 14.8 Å². The van der Waals surface area contributed by atoms with Crippen LogP contribution < -0.4 is 10.5 Å². The maximum absolute atomic E-state index is 12.5. The van der Waals surface area contributed by atoms with Gasteiger partial charge in [-0.3, -0.25) is 9.89 Å². The lowest BCUT2D eigenvalue weighted by Crippen LogP contribution is -2.48. The minimum absolute atomic E-state index is 0.0739. The van der Waals surface area contributed by atoms with Crippen LogP contribution in [0.5, 0.6) is 0 Å². The third kappa shape index (κ3) is 3.85. The number of aliphatic hydroxyl groups excluding tert-OH is 1. The fourth-order valence-electron chi connectivity index (χ4n) is 2.64. The Morgan fingerprint density at radius 3 is 2.63 bits per heavy atom. The highest BCUT2D eigenvalue weighted by Crippen LogP contribution is 2.26. The van der Waals surface area contributed by atoms with Gasteiger partial charge in [-0.05, 0) is 49.2 Å². The fraction of sp³-hybridized carbons (Fsp3) is 0.222. The maximum atomic E-state index is 12.5. The standard InChI is InChI=1S/C18H20N4O4S/c1-10-15-9-13(6-7-16(15)21-20-10)12-4-3-5-14(8-12)27(25,26)22-18(24)17(19)11(2)23/h3-9,11,17,23H,19H2,1-2H3,(H,20,21)(H,22,24)/t11-,17+/m1/s1. The predicted octanol–water partition coefficient (Wildman–Crippen LogP) is 1.05. The zero-order chi connectivity index (χ0) is 19.8. The van der Waals surface area contributed by atoms with Crippen molar-refractivity contribution in [1.82, 2.24) is 14.9 Å². The average molecular weight is 388 g/mol. The highest BCUT2D eigenvalue weighted by molar-refractivity contribution is 7.90. The van der Waals surface area contributed by atoms with E-state index < -0.39 is 28.1 Å². The number of aliphatic hydroxyl groups is 1. The van der Waals surface area contributed by atoms with Gasteiger partial charge in [0.2, 0.25) is 0 Å². The van der Waals surface area contributed by atoms with Gasteiger partial charge >= 0.3 is 0 Å². The van der Waals surface area contributed by atoms with Crippen molar-refractivity contribution < 1.29 is 18.3 Å². The summed E-state index contributed by atoms with van der Waals surface area (Å²) in [4.78, 5) is 11.8. The number of nitrogens with one attached hydrogen (secondary N) is 2. The highest BCUT2D eigenvalue weighted by atomic mass is 32.2. The zero-order valence-electron chi connectivity index (χ0n) is 14.8. The summed E-state index contributed by atoms with van der Waals surface area (Å²) in [6.45, 7) is 3.21. The van der Waals surface area contributed by atoms with Gasteiger partial charge in [0.15, 0.2) is 0 Å². The van der Waals surface area contributed by atoms with Crippen molar-refractivity contribution in [3.63, 3.8) is 0 Å². The molecule has 0 bridgehead atoms. The van der Waals surface area contributed by atoms with E-state index in [1.54, 1.807) is 12.1 Å². The lowest BCUT2D eigenvalue weighted by molar-refractivity contribution is -0.122. The molecule has 1 heterocycles. The molecule has 0 saturated heterocycles. The molecule has 5 N–H and O–H groups in total. The summed E-state index contributed by atoms with van der Waals surface area (Å²) in [6.07, 6.45) is -1.17. The quantitative estimate of drug-likeness (QED) is 0.515. The van der Waals surface area contributed by atoms with E-state index in [1.807, 2.05) is 29.8 Å². The molecule has 0 aliphatic carbocycles. The number of aromatic nitrogens is 2. The first-order valence-corrected chi connectivity index (χ1v) is 9.73. The molecular weight excluding hydrogens is 368 g/mol. The SMILES string of the molecule is Cc1[nH]nc2ccc(-c3cccc(S(=O)(=O)NC(=O)[C@@H](N)[C@@H](C)O)c3)cc12. The van der Waals surface area contributed by atoms with Gasteiger partial charge in [0.1, 0.15) is 6.04 Å². The predicted molar refractivity (Wildman–Crippen MR) is 101 cm³/mol. The molecule has 3 rings (SSSR count). The summed E-state index contributed by atoms with van der Waals surface area (Å²) >= 11 is 0. The molecular formula is C18H20N4O4S. The van der Waals surface area contributed by atoms with Gasteiger partial charge in [-0.15, -0.1) is 0 Å². The molecule has 2 atom stereocenters. The smallest absolute Gasteiger partial charge is 0.264 e. The van der Waals surface area contributed by atoms with E-state index in [0.29, 0.717) is 5.56 Å². The van der Waals surface area contributed by atoms with Crippen molar-refractivity contribution in [2.45, 2.75) is 30.9 Å². The molecule has 1 aromatic heterocycles. The van der Waals surface area contributed by atoms with Crippen LogP contribution in [0.2, 0.25) is 0 Å². The third-order valence-electron chi connectivity index (χ3n) is 4.28. The second-order valence-electron chi connectivity index (χ2n) is 6.34. The number of hydrogen-bond acceptors (Lipinski definition) is 6. The van der Waals surface area contributed by atoms with E-state index in [9.17, 15) is 18.3 Å². The molecule has 0 unspecified atom stereocenters. The molecule has 0 radical (unpaired) electrons. The molecule has 0 aliphatic rings. The first-order chi connectivity index (χ1) is 12.7. The second kappa shape index (κ2) is 7.10. The molecule has 3 aromatic rings. The van der Waals surface area contributed by atoms with Crippen LogP contribution in [0.1, 0.15) is 12.6 Å². The minimum atomic E-state index is -4.12. The molecule has 9 heteroatoms. The molecule has 1 amide bonds. The van der Waals surface area contributed by atoms with Gasteiger partial charge in [0.05, 0.1) is 16.5 Å². The van der Waals surface area contributed by atoms with Crippen LogP contribution in [0.3, 0.4) is 0 Å². The van der Waals surface area contributed by atoms with Crippen LogP contribution >= 0.6 is 0 Å². The summed E-state index contributed by atoms with van der Waals surface area (Å²) in [7, 11) is -4.12. The van der Waals surface area contributed by atoms with Crippen molar-refractivity contribution in [2.75, 3.05) is 0 Å². The van der Waals surface area contributed by atoms with E-state index in [-0.39, 0.29) is 4.90 Å². The van der Waals surface area contributed by atoms with Crippen LogP contribution in [0.4, 0.5) is 0 Å². The Morgan fingerprint density at radius 2 is 1.93 bits per heavy atom. The van der Waals surface area contributed by atoms with Crippen LogP contribution in [-0.4, -0.2) is 41.8 Å². The number of aromatic amines is 1. The van der Waals surface area contributed by atoms with Crippen molar-refractivity contribution >= 4 is 26.8 Å². The van der Waals surface area contributed by atoms with Crippen LogP contribution in [0, 0.1) is 6.92 Å².